The quantitative estimate of drug-likeness (QED) is 0.0267. The minimum absolute atomic E-state index is 0.206. The first-order valence-electron chi connectivity index (χ1n) is 23.5. The van der Waals surface area contributed by atoms with Crippen molar-refractivity contribution in [3.05, 3.63) is 60.8 Å². The lowest BCUT2D eigenvalue weighted by Crippen LogP contribution is -2.60. The molecular weight excluding hydrogens is 731 g/mol. The Bertz CT molecular complexity index is 1090. The van der Waals surface area contributed by atoms with Crippen LogP contribution in [0.4, 0.5) is 0 Å². The van der Waals surface area contributed by atoms with Crippen LogP contribution in [-0.2, 0) is 14.3 Å². The van der Waals surface area contributed by atoms with E-state index in [2.05, 4.69) is 67.8 Å². The number of amides is 1. The maximum atomic E-state index is 12.9. The number of nitrogens with one attached hydrogen (secondary N) is 1. The van der Waals surface area contributed by atoms with Crippen LogP contribution in [0.2, 0.25) is 0 Å². The van der Waals surface area contributed by atoms with E-state index in [4.69, 9.17) is 9.47 Å². The van der Waals surface area contributed by atoms with Gasteiger partial charge in [-0.1, -0.05) is 177 Å². The Kier molecular flexibility index (Phi) is 36.3. The molecule has 0 aliphatic carbocycles. The van der Waals surface area contributed by atoms with Gasteiger partial charge < -0.3 is 40.3 Å². The van der Waals surface area contributed by atoms with Crippen molar-refractivity contribution in [1.29, 1.82) is 0 Å². The fraction of sp³-hybridized carbons (Fsp3) is 0.776. The van der Waals surface area contributed by atoms with Crippen LogP contribution < -0.4 is 5.32 Å². The molecule has 0 saturated carbocycles. The standard InChI is InChI=1S/C49H87NO8/c1-3-5-7-9-11-13-15-17-19-20-21-22-23-25-26-28-30-32-34-36-38-43(52)42(41-57-49-48(56)47(55)46(54)44(40-51)58-49)50-45(53)39-37-35-33-31-29-27-24-18-16-14-12-10-8-6-4-2/h6,8,12,14,18,24,28,30,36,38,42-44,46-49,51-52,54-56H,3-5,7,9-11,13,15-17,19-23,25-27,29,31-35,37,39-41H2,1-2H3,(H,50,53)/b8-6-,14-12-,24-18-,30-28+,38-36+. The Morgan fingerprint density at radius 1 is 0.603 bits per heavy atom. The smallest absolute Gasteiger partial charge is 0.220 e. The third-order valence-corrected chi connectivity index (χ3v) is 10.8. The number of hydrogen-bond acceptors (Lipinski definition) is 8. The number of aliphatic hydroxyl groups is 5. The highest BCUT2D eigenvalue weighted by atomic mass is 16.7. The van der Waals surface area contributed by atoms with Crippen LogP contribution in [-0.4, -0.2) is 87.5 Å². The van der Waals surface area contributed by atoms with Gasteiger partial charge in [0.05, 0.1) is 25.4 Å². The third-order valence-electron chi connectivity index (χ3n) is 10.8. The second-order valence-electron chi connectivity index (χ2n) is 16.2. The normalized spacial score (nSPS) is 21.4. The summed E-state index contributed by atoms with van der Waals surface area (Å²) in [6, 6.07) is -0.832. The van der Waals surface area contributed by atoms with Gasteiger partial charge >= 0.3 is 0 Å². The first kappa shape index (κ1) is 53.9. The number of rotatable bonds is 38. The largest absolute Gasteiger partial charge is 0.394 e. The summed E-state index contributed by atoms with van der Waals surface area (Å²) in [6.07, 6.45) is 44.1. The first-order chi connectivity index (χ1) is 28.3. The van der Waals surface area contributed by atoms with Gasteiger partial charge in [0.1, 0.15) is 24.4 Å². The van der Waals surface area contributed by atoms with E-state index in [0.29, 0.717) is 6.42 Å². The molecule has 0 aromatic heterocycles. The summed E-state index contributed by atoms with van der Waals surface area (Å²) < 4.78 is 11.2. The van der Waals surface area contributed by atoms with Crippen LogP contribution >= 0.6 is 0 Å². The molecule has 0 bridgehead atoms. The van der Waals surface area contributed by atoms with E-state index < -0.39 is 49.5 Å². The summed E-state index contributed by atoms with van der Waals surface area (Å²) in [5, 5.41) is 54.2. The molecule has 9 nitrogen and oxygen atoms in total. The zero-order chi connectivity index (χ0) is 42.3. The molecule has 336 valence electrons. The van der Waals surface area contributed by atoms with E-state index >= 15 is 0 Å². The summed E-state index contributed by atoms with van der Waals surface area (Å²) in [4.78, 5) is 12.9. The highest BCUT2D eigenvalue weighted by molar-refractivity contribution is 5.76. The number of allylic oxidation sites excluding steroid dienone is 9. The van der Waals surface area contributed by atoms with E-state index in [0.717, 1.165) is 77.0 Å². The number of carbonyl (C=O) groups is 1. The van der Waals surface area contributed by atoms with Crippen LogP contribution in [0.3, 0.4) is 0 Å². The van der Waals surface area contributed by atoms with Crippen LogP contribution in [0.5, 0.6) is 0 Å². The first-order valence-corrected chi connectivity index (χ1v) is 23.5. The van der Waals surface area contributed by atoms with E-state index in [-0.39, 0.29) is 12.5 Å². The number of hydrogen-bond donors (Lipinski definition) is 6. The fourth-order valence-corrected chi connectivity index (χ4v) is 7.07. The predicted octanol–water partition coefficient (Wildman–Crippen LogP) is 10.0. The van der Waals surface area contributed by atoms with Gasteiger partial charge in [0, 0.05) is 6.42 Å². The van der Waals surface area contributed by atoms with Crippen molar-refractivity contribution >= 4 is 5.91 Å². The van der Waals surface area contributed by atoms with Gasteiger partial charge in [-0.25, -0.2) is 0 Å². The Morgan fingerprint density at radius 3 is 1.66 bits per heavy atom. The Morgan fingerprint density at radius 2 is 1.09 bits per heavy atom. The van der Waals surface area contributed by atoms with Gasteiger partial charge in [0.2, 0.25) is 5.91 Å². The topological polar surface area (TPSA) is 149 Å². The van der Waals surface area contributed by atoms with Gasteiger partial charge in [-0.2, -0.15) is 0 Å². The maximum Gasteiger partial charge on any atom is 0.220 e. The summed E-state index contributed by atoms with van der Waals surface area (Å²) in [7, 11) is 0. The highest BCUT2D eigenvalue weighted by Gasteiger charge is 2.44. The number of ether oxygens (including phenoxy) is 2. The second-order valence-corrected chi connectivity index (χ2v) is 16.2. The van der Waals surface area contributed by atoms with Gasteiger partial charge in [-0.05, 0) is 64.2 Å². The van der Waals surface area contributed by atoms with Gasteiger partial charge in [0.15, 0.2) is 6.29 Å². The molecule has 1 fully saturated rings. The number of aliphatic hydroxyl groups excluding tert-OH is 5. The molecule has 1 aliphatic rings. The summed E-state index contributed by atoms with van der Waals surface area (Å²) >= 11 is 0. The molecule has 58 heavy (non-hydrogen) atoms. The van der Waals surface area contributed by atoms with Crippen molar-refractivity contribution in [3.63, 3.8) is 0 Å². The lowest BCUT2D eigenvalue weighted by Gasteiger charge is -2.40. The van der Waals surface area contributed by atoms with Crippen LogP contribution in [0.25, 0.3) is 0 Å². The summed E-state index contributed by atoms with van der Waals surface area (Å²) in [6.45, 7) is 3.63. The second kappa shape index (κ2) is 39.1. The highest BCUT2D eigenvalue weighted by Crippen LogP contribution is 2.22. The molecule has 1 amide bonds. The van der Waals surface area contributed by atoms with Crippen molar-refractivity contribution < 1.29 is 39.8 Å². The zero-order valence-electron chi connectivity index (χ0n) is 36.8. The van der Waals surface area contributed by atoms with E-state index in [1.54, 1.807) is 6.08 Å². The Labute approximate surface area is 354 Å². The van der Waals surface area contributed by atoms with Crippen molar-refractivity contribution in [2.75, 3.05) is 13.2 Å². The van der Waals surface area contributed by atoms with Crippen molar-refractivity contribution in [1.82, 2.24) is 5.32 Å². The predicted molar refractivity (Wildman–Crippen MR) is 239 cm³/mol. The van der Waals surface area contributed by atoms with Crippen molar-refractivity contribution in [2.24, 2.45) is 0 Å². The van der Waals surface area contributed by atoms with Crippen LogP contribution in [0, 0.1) is 0 Å². The lowest BCUT2D eigenvalue weighted by molar-refractivity contribution is -0.302. The average molecular weight is 818 g/mol. The Balaban J connectivity index is 2.38. The monoisotopic (exact) mass is 818 g/mol. The minimum Gasteiger partial charge on any atom is -0.394 e. The zero-order valence-corrected chi connectivity index (χ0v) is 36.8. The van der Waals surface area contributed by atoms with Gasteiger partial charge in [0.25, 0.3) is 0 Å². The average Bonchev–Trinajstić information content (AvgIpc) is 3.22. The molecule has 0 aromatic rings. The van der Waals surface area contributed by atoms with Crippen molar-refractivity contribution in [2.45, 2.75) is 230 Å². The summed E-state index contributed by atoms with van der Waals surface area (Å²) in [5.74, 6) is -0.206. The molecule has 0 spiro atoms. The molecular formula is C49H87NO8. The minimum atomic E-state index is -1.58. The summed E-state index contributed by atoms with van der Waals surface area (Å²) in [5.41, 5.74) is 0. The third kappa shape index (κ3) is 29.2. The number of unbranched alkanes of at least 4 members (excludes halogenated alkanes) is 20. The molecule has 0 radical (unpaired) electrons. The molecule has 9 heteroatoms. The van der Waals surface area contributed by atoms with Crippen LogP contribution in [0.15, 0.2) is 60.8 Å². The molecule has 1 rings (SSSR count). The molecule has 1 aliphatic heterocycles. The molecule has 0 aromatic carbocycles. The molecule has 1 saturated heterocycles. The maximum absolute atomic E-state index is 12.9. The number of carbonyl (C=O) groups excluding carboxylic acids is 1. The van der Waals surface area contributed by atoms with Gasteiger partial charge in [-0.15, -0.1) is 0 Å². The fourth-order valence-electron chi connectivity index (χ4n) is 7.07. The Hall–Kier alpha value is -2.11. The van der Waals surface area contributed by atoms with Gasteiger partial charge in [-0.3, -0.25) is 4.79 Å². The molecule has 7 unspecified atom stereocenters. The SMILES string of the molecule is CC/C=C\C/C=C\C/C=C\CCCCCCCC(=O)NC(COC1OC(CO)C(O)C(O)C1O)C(O)/C=C/CC/C=C/CCCCCCCCCCCCCCCC. The molecule has 6 N–H and O–H groups in total. The molecule has 7 atom stereocenters. The van der Waals surface area contributed by atoms with E-state index in [1.165, 1.54) is 89.9 Å². The van der Waals surface area contributed by atoms with E-state index in [1.807, 2.05) is 6.08 Å². The van der Waals surface area contributed by atoms with E-state index in [9.17, 15) is 30.3 Å². The lowest BCUT2D eigenvalue weighted by atomic mass is 9.99. The molecule has 1 heterocycles. The van der Waals surface area contributed by atoms with Crippen LogP contribution in [0.1, 0.15) is 187 Å². The van der Waals surface area contributed by atoms with Crippen molar-refractivity contribution in [3.8, 4) is 0 Å².